The van der Waals surface area contributed by atoms with E-state index in [1.807, 2.05) is 0 Å². The third kappa shape index (κ3) is 2.18. The van der Waals surface area contributed by atoms with Crippen molar-refractivity contribution in [3.8, 4) is 16.9 Å². The molecule has 2 aromatic carbocycles. The van der Waals surface area contributed by atoms with E-state index in [0.717, 1.165) is 0 Å². The van der Waals surface area contributed by atoms with Gasteiger partial charge in [-0.3, -0.25) is 0 Å². The summed E-state index contributed by atoms with van der Waals surface area (Å²) in [7, 11) is 1.53. The van der Waals surface area contributed by atoms with Gasteiger partial charge in [-0.05, 0) is 17.7 Å². The summed E-state index contributed by atoms with van der Waals surface area (Å²) in [4.78, 5) is 10.7. The first-order valence-corrected chi connectivity index (χ1v) is 5.27. The van der Waals surface area contributed by atoms with Gasteiger partial charge in [-0.25, -0.2) is 4.39 Å². The van der Waals surface area contributed by atoms with Crippen LogP contribution in [-0.2, 0) is 0 Å². The van der Waals surface area contributed by atoms with Crippen molar-refractivity contribution in [2.75, 3.05) is 7.11 Å². The maximum absolute atomic E-state index is 13.9. The Hall–Kier alpha value is -2.36. The summed E-state index contributed by atoms with van der Waals surface area (Å²) >= 11 is 0. The second-order valence-electron chi connectivity index (χ2n) is 3.68. The predicted octanol–water partition coefficient (Wildman–Crippen LogP) is 1.86. The third-order valence-electron chi connectivity index (χ3n) is 2.62. The van der Waals surface area contributed by atoms with Gasteiger partial charge in [-0.2, -0.15) is 0 Å². The fourth-order valence-electron chi connectivity index (χ4n) is 1.68. The molecule has 18 heavy (non-hydrogen) atoms. The Labute approximate surface area is 103 Å². The van der Waals surface area contributed by atoms with Crippen LogP contribution in [0.2, 0.25) is 0 Å². The Kier molecular flexibility index (Phi) is 3.28. The normalized spacial score (nSPS) is 10.1. The van der Waals surface area contributed by atoms with Crippen LogP contribution in [0.3, 0.4) is 0 Å². The number of halogens is 1. The largest absolute Gasteiger partial charge is 0.545 e. The lowest BCUT2D eigenvalue weighted by Gasteiger charge is -2.09. The van der Waals surface area contributed by atoms with Gasteiger partial charge >= 0.3 is 0 Å². The minimum atomic E-state index is -1.53. The van der Waals surface area contributed by atoms with Crippen molar-refractivity contribution in [1.29, 1.82) is 0 Å². The topological polar surface area (TPSA) is 49.4 Å². The summed E-state index contributed by atoms with van der Waals surface area (Å²) in [6, 6.07) is 10.9. The van der Waals surface area contributed by atoms with E-state index in [0.29, 0.717) is 11.3 Å². The average Bonchev–Trinajstić information content (AvgIpc) is 2.39. The maximum atomic E-state index is 13.9. The van der Waals surface area contributed by atoms with E-state index in [1.165, 1.54) is 25.3 Å². The SMILES string of the molecule is COc1ccc(-c2cccc(C(=O)[O-])c2F)cc1. The van der Waals surface area contributed by atoms with Crippen LogP contribution in [0.4, 0.5) is 4.39 Å². The Balaban J connectivity index is 2.50. The summed E-state index contributed by atoms with van der Waals surface area (Å²) in [5.74, 6) is -1.67. The molecule has 0 aromatic heterocycles. The third-order valence-corrected chi connectivity index (χ3v) is 2.62. The van der Waals surface area contributed by atoms with E-state index in [-0.39, 0.29) is 5.56 Å². The lowest BCUT2D eigenvalue weighted by molar-refractivity contribution is -0.255. The van der Waals surface area contributed by atoms with Gasteiger partial charge in [0.1, 0.15) is 11.6 Å². The van der Waals surface area contributed by atoms with E-state index >= 15 is 0 Å². The number of hydrogen-bond donors (Lipinski definition) is 0. The molecule has 0 aliphatic carbocycles. The molecule has 0 fully saturated rings. The zero-order valence-corrected chi connectivity index (χ0v) is 9.64. The van der Waals surface area contributed by atoms with E-state index in [2.05, 4.69) is 0 Å². The molecule has 0 aliphatic heterocycles. The van der Waals surface area contributed by atoms with Gasteiger partial charge in [0.15, 0.2) is 0 Å². The number of benzene rings is 2. The minimum Gasteiger partial charge on any atom is -0.545 e. The van der Waals surface area contributed by atoms with Crippen LogP contribution in [0.15, 0.2) is 42.5 Å². The van der Waals surface area contributed by atoms with Crippen molar-refractivity contribution >= 4 is 5.97 Å². The van der Waals surface area contributed by atoms with Gasteiger partial charge in [-0.15, -0.1) is 0 Å². The fourth-order valence-corrected chi connectivity index (χ4v) is 1.68. The highest BCUT2D eigenvalue weighted by molar-refractivity contribution is 5.88. The molecule has 0 saturated carbocycles. The van der Waals surface area contributed by atoms with Crippen molar-refractivity contribution in [3.05, 3.63) is 53.8 Å². The van der Waals surface area contributed by atoms with Crippen LogP contribution in [0.1, 0.15) is 10.4 Å². The van der Waals surface area contributed by atoms with Crippen LogP contribution >= 0.6 is 0 Å². The smallest absolute Gasteiger partial charge is 0.140 e. The number of aromatic carboxylic acids is 1. The van der Waals surface area contributed by atoms with E-state index in [4.69, 9.17) is 4.74 Å². The van der Waals surface area contributed by atoms with Crippen LogP contribution in [-0.4, -0.2) is 13.1 Å². The molecule has 0 aliphatic rings. The van der Waals surface area contributed by atoms with Gasteiger partial charge in [0.25, 0.3) is 0 Å². The molecule has 4 heteroatoms. The summed E-state index contributed by atoms with van der Waals surface area (Å²) < 4.78 is 18.9. The lowest BCUT2D eigenvalue weighted by Crippen LogP contribution is -2.23. The molecule has 2 rings (SSSR count). The molecular formula is C14H10FO3-. The Morgan fingerprint density at radius 1 is 1.17 bits per heavy atom. The number of carbonyl (C=O) groups is 1. The van der Waals surface area contributed by atoms with Gasteiger partial charge in [0, 0.05) is 11.1 Å². The van der Waals surface area contributed by atoms with Crippen molar-refractivity contribution in [2.24, 2.45) is 0 Å². The highest BCUT2D eigenvalue weighted by Crippen LogP contribution is 2.26. The zero-order valence-electron chi connectivity index (χ0n) is 9.64. The van der Waals surface area contributed by atoms with Gasteiger partial charge in [0.05, 0.1) is 13.1 Å². The highest BCUT2D eigenvalue weighted by Gasteiger charge is 2.10. The van der Waals surface area contributed by atoms with Gasteiger partial charge < -0.3 is 14.6 Å². The Morgan fingerprint density at radius 2 is 1.83 bits per heavy atom. The quantitative estimate of drug-likeness (QED) is 0.829. The monoisotopic (exact) mass is 245 g/mol. The first-order valence-electron chi connectivity index (χ1n) is 5.27. The average molecular weight is 245 g/mol. The predicted molar refractivity (Wildman–Crippen MR) is 62.7 cm³/mol. The van der Waals surface area contributed by atoms with Gasteiger partial charge in [-0.1, -0.05) is 30.3 Å². The minimum absolute atomic E-state index is 0.222. The molecule has 0 N–H and O–H groups in total. The van der Waals surface area contributed by atoms with Crippen LogP contribution in [0.25, 0.3) is 11.1 Å². The number of carbonyl (C=O) groups excluding carboxylic acids is 1. The van der Waals surface area contributed by atoms with Crippen LogP contribution in [0.5, 0.6) is 5.75 Å². The number of carboxylic acids is 1. The molecule has 2 aromatic rings. The first kappa shape index (κ1) is 12.1. The Morgan fingerprint density at radius 3 is 2.39 bits per heavy atom. The standard InChI is InChI=1S/C14H11FO3/c1-18-10-7-5-9(6-8-10)11-3-2-4-12(13(11)15)14(16)17/h2-8H,1H3,(H,16,17)/p-1. The van der Waals surface area contributed by atoms with Crippen molar-refractivity contribution in [2.45, 2.75) is 0 Å². The molecular weight excluding hydrogens is 235 g/mol. The number of rotatable bonds is 3. The molecule has 92 valence electrons. The summed E-state index contributed by atoms with van der Waals surface area (Å²) in [6.07, 6.45) is 0. The van der Waals surface area contributed by atoms with Crippen molar-refractivity contribution < 1.29 is 19.0 Å². The number of hydrogen-bond acceptors (Lipinski definition) is 3. The van der Waals surface area contributed by atoms with Crippen LogP contribution < -0.4 is 9.84 Å². The number of methoxy groups -OCH3 is 1. The molecule has 0 bridgehead atoms. The maximum Gasteiger partial charge on any atom is 0.140 e. The van der Waals surface area contributed by atoms with E-state index in [1.54, 1.807) is 24.3 Å². The van der Waals surface area contributed by atoms with Gasteiger partial charge in [0.2, 0.25) is 0 Å². The fraction of sp³-hybridized carbons (Fsp3) is 0.0714. The summed E-state index contributed by atoms with van der Waals surface area (Å²) in [6.45, 7) is 0. The molecule has 0 spiro atoms. The molecule has 3 nitrogen and oxygen atoms in total. The second kappa shape index (κ2) is 4.87. The zero-order chi connectivity index (χ0) is 13.1. The van der Waals surface area contributed by atoms with E-state index < -0.39 is 17.3 Å². The molecule has 0 radical (unpaired) electrons. The first-order chi connectivity index (χ1) is 8.63. The highest BCUT2D eigenvalue weighted by atomic mass is 19.1. The Bertz CT molecular complexity index is 576. The summed E-state index contributed by atoms with van der Waals surface area (Å²) in [5.41, 5.74) is 0.360. The van der Waals surface area contributed by atoms with E-state index in [9.17, 15) is 14.3 Å². The molecule has 0 heterocycles. The van der Waals surface area contributed by atoms with Crippen molar-refractivity contribution in [1.82, 2.24) is 0 Å². The lowest BCUT2D eigenvalue weighted by atomic mass is 10.0. The van der Waals surface area contributed by atoms with Crippen molar-refractivity contribution in [3.63, 3.8) is 0 Å². The number of carboxylic acid groups (broad SMARTS) is 1. The molecule has 0 unspecified atom stereocenters. The number of ether oxygens (including phenoxy) is 1. The van der Waals surface area contributed by atoms with Crippen LogP contribution in [0, 0.1) is 5.82 Å². The molecule has 0 atom stereocenters. The second-order valence-corrected chi connectivity index (χ2v) is 3.68. The molecule has 0 amide bonds. The summed E-state index contributed by atoms with van der Waals surface area (Å²) in [5, 5.41) is 10.7. The molecule has 0 saturated heterocycles.